The van der Waals surface area contributed by atoms with E-state index >= 15 is 0 Å². The van der Waals surface area contributed by atoms with E-state index in [0.717, 1.165) is 12.3 Å². The predicted octanol–water partition coefficient (Wildman–Crippen LogP) is 2.88. The van der Waals surface area contributed by atoms with Crippen molar-refractivity contribution in [3.63, 3.8) is 0 Å². The summed E-state index contributed by atoms with van der Waals surface area (Å²) < 4.78 is 5.14. The minimum absolute atomic E-state index is 0.105. The van der Waals surface area contributed by atoms with E-state index in [0.29, 0.717) is 17.7 Å². The molecule has 1 saturated carbocycles. The van der Waals surface area contributed by atoms with E-state index in [2.05, 4.69) is 17.1 Å². The van der Waals surface area contributed by atoms with Crippen LogP contribution >= 0.6 is 11.6 Å². The lowest BCUT2D eigenvalue weighted by molar-refractivity contribution is 0.370. The van der Waals surface area contributed by atoms with Crippen LogP contribution < -0.4 is 0 Å². The zero-order chi connectivity index (χ0) is 9.42. The Kier molecular flexibility index (Phi) is 2.28. The number of halogens is 1. The zero-order valence-corrected chi connectivity index (χ0v) is 8.58. The highest BCUT2D eigenvalue weighted by atomic mass is 35.5. The second-order valence-corrected chi connectivity index (χ2v) is 4.21. The summed E-state index contributed by atoms with van der Waals surface area (Å²) in [7, 11) is 0. The van der Waals surface area contributed by atoms with E-state index < -0.39 is 0 Å². The van der Waals surface area contributed by atoms with Gasteiger partial charge in [0.2, 0.25) is 5.89 Å². The lowest BCUT2D eigenvalue weighted by atomic mass is 10.3. The molecule has 2 rings (SSSR count). The second kappa shape index (κ2) is 3.29. The Morgan fingerprint density at radius 2 is 2.38 bits per heavy atom. The summed E-state index contributed by atoms with van der Waals surface area (Å²) in [5.41, 5.74) is 0. The van der Waals surface area contributed by atoms with E-state index in [1.807, 2.05) is 6.92 Å². The summed E-state index contributed by atoms with van der Waals surface area (Å²) in [6.07, 6.45) is 2.00. The molecule has 1 aromatic heterocycles. The number of aromatic nitrogens is 2. The molecule has 1 fully saturated rings. The van der Waals surface area contributed by atoms with Gasteiger partial charge >= 0.3 is 0 Å². The van der Waals surface area contributed by atoms with Crippen LogP contribution in [0, 0.1) is 5.92 Å². The first-order valence-electron chi connectivity index (χ1n) is 4.70. The first-order chi connectivity index (χ1) is 6.22. The Morgan fingerprint density at radius 3 is 2.92 bits per heavy atom. The van der Waals surface area contributed by atoms with Gasteiger partial charge in [-0.15, -0.1) is 11.6 Å². The minimum atomic E-state index is -0.105. The van der Waals surface area contributed by atoms with Crippen LogP contribution in [0.5, 0.6) is 0 Å². The van der Waals surface area contributed by atoms with Crippen molar-refractivity contribution in [1.29, 1.82) is 0 Å². The molecule has 0 amide bonds. The molecule has 0 saturated heterocycles. The van der Waals surface area contributed by atoms with E-state index in [-0.39, 0.29) is 5.38 Å². The van der Waals surface area contributed by atoms with Crippen LogP contribution in [0.2, 0.25) is 0 Å². The van der Waals surface area contributed by atoms with Gasteiger partial charge in [0.15, 0.2) is 5.82 Å². The lowest BCUT2D eigenvalue weighted by Gasteiger charge is -1.95. The normalized spacial score (nSPS) is 28.8. The molecule has 0 aromatic carbocycles. The second-order valence-electron chi connectivity index (χ2n) is 3.69. The fraction of sp³-hybridized carbons (Fsp3) is 0.778. The lowest BCUT2D eigenvalue weighted by Crippen LogP contribution is -1.91. The quantitative estimate of drug-likeness (QED) is 0.705. The molecule has 1 aliphatic rings. The maximum Gasteiger partial charge on any atom is 0.230 e. The van der Waals surface area contributed by atoms with Gasteiger partial charge in [0.1, 0.15) is 0 Å². The van der Waals surface area contributed by atoms with Gasteiger partial charge in [-0.2, -0.15) is 4.98 Å². The smallest absolute Gasteiger partial charge is 0.230 e. The highest BCUT2D eigenvalue weighted by molar-refractivity contribution is 6.20. The fourth-order valence-electron chi connectivity index (χ4n) is 1.37. The summed E-state index contributed by atoms with van der Waals surface area (Å²) in [5.74, 6) is 2.59. The van der Waals surface area contributed by atoms with Crippen LogP contribution in [0.3, 0.4) is 0 Å². The van der Waals surface area contributed by atoms with Crippen molar-refractivity contribution in [3.8, 4) is 0 Å². The predicted molar refractivity (Wildman–Crippen MR) is 49.7 cm³/mol. The summed E-state index contributed by atoms with van der Waals surface area (Å²) in [6.45, 7) is 4.19. The van der Waals surface area contributed by atoms with Gasteiger partial charge in [-0.3, -0.25) is 0 Å². The molecule has 0 bridgehead atoms. The molecule has 13 heavy (non-hydrogen) atoms. The molecule has 0 spiro atoms. The maximum absolute atomic E-state index is 5.98. The molecule has 3 nitrogen and oxygen atoms in total. The zero-order valence-electron chi connectivity index (χ0n) is 7.83. The van der Waals surface area contributed by atoms with Crippen molar-refractivity contribution in [2.45, 2.75) is 38.0 Å². The number of hydrogen-bond donors (Lipinski definition) is 0. The van der Waals surface area contributed by atoms with Crippen molar-refractivity contribution < 1.29 is 4.52 Å². The monoisotopic (exact) mass is 200 g/mol. The Bertz CT molecular complexity index is 281. The molecular weight excluding hydrogens is 188 g/mol. The van der Waals surface area contributed by atoms with Crippen molar-refractivity contribution >= 4 is 11.6 Å². The molecule has 1 heterocycles. The van der Waals surface area contributed by atoms with E-state index in [1.165, 1.54) is 6.42 Å². The van der Waals surface area contributed by atoms with Gasteiger partial charge in [-0.1, -0.05) is 19.0 Å². The molecule has 0 radical (unpaired) electrons. The fourth-order valence-corrected chi connectivity index (χ4v) is 1.46. The average Bonchev–Trinajstić information content (AvgIpc) is 2.70. The van der Waals surface area contributed by atoms with Crippen LogP contribution in [0.25, 0.3) is 0 Å². The van der Waals surface area contributed by atoms with E-state index in [1.54, 1.807) is 0 Å². The van der Waals surface area contributed by atoms with Gasteiger partial charge in [0.25, 0.3) is 0 Å². The van der Waals surface area contributed by atoms with Gasteiger partial charge < -0.3 is 4.52 Å². The summed E-state index contributed by atoms with van der Waals surface area (Å²) in [6, 6.07) is 0. The van der Waals surface area contributed by atoms with Crippen molar-refractivity contribution in [3.05, 3.63) is 11.7 Å². The van der Waals surface area contributed by atoms with Gasteiger partial charge in [0.05, 0.1) is 5.38 Å². The van der Waals surface area contributed by atoms with Crippen LogP contribution in [0.4, 0.5) is 0 Å². The third-order valence-electron chi connectivity index (χ3n) is 2.52. The highest BCUT2D eigenvalue weighted by Crippen LogP contribution is 2.46. The van der Waals surface area contributed by atoms with Crippen LogP contribution in [0.1, 0.15) is 49.7 Å². The Labute approximate surface area is 82.5 Å². The Hall–Kier alpha value is -0.570. The molecular formula is C9H13ClN2O. The molecule has 0 aliphatic heterocycles. The molecule has 3 atom stereocenters. The SMILES string of the molecule is CCC(Cl)c1noc(C2CC2C)n1. The summed E-state index contributed by atoms with van der Waals surface area (Å²) in [4.78, 5) is 4.28. The molecule has 3 unspecified atom stereocenters. The van der Waals surface area contributed by atoms with Crippen molar-refractivity contribution in [2.75, 3.05) is 0 Å². The number of hydrogen-bond acceptors (Lipinski definition) is 3. The molecule has 4 heteroatoms. The Morgan fingerprint density at radius 1 is 1.69 bits per heavy atom. The maximum atomic E-state index is 5.98. The Balaban J connectivity index is 2.09. The first kappa shape index (κ1) is 9.00. The first-order valence-corrected chi connectivity index (χ1v) is 5.13. The molecule has 0 N–H and O–H groups in total. The van der Waals surface area contributed by atoms with Gasteiger partial charge in [-0.25, -0.2) is 0 Å². The van der Waals surface area contributed by atoms with Crippen LogP contribution in [0.15, 0.2) is 4.52 Å². The average molecular weight is 201 g/mol. The molecule has 1 aliphatic carbocycles. The van der Waals surface area contributed by atoms with E-state index in [9.17, 15) is 0 Å². The van der Waals surface area contributed by atoms with Crippen molar-refractivity contribution in [2.24, 2.45) is 5.92 Å². The topological polar surface area (TPSA) is 38.9 Å². The van der Waals surface area contributed by atoms with Crippen LogP contribution in [-0.2, 0) is 0 Å². The van der Waals surface area contributed by atoms with Crippen molar-refractivity contribution in [1.82, 2.24) is 10.1 Å². The van der Waals surface area contributed by atoms with Crippen LogP contribution in [-0.4, -0.2) is 10.1 Å². The van der Waals surface area contributed by atoms with E-state index in [4.69, 9.17) is 16.1 Å². The highest BCUT2D eigenvalue weighted by Gasteiger charge is 2.39. The minimum Gasteiger partial charge on any atom is -0.339 e. The third kappa shape index (κ3) is 1.70. The number of rotatable bonds is 3. The standard InChI is InChI=1S/C9H13ClN2O/c1-3-7(10)8-11-9(13-12-8)6-4-5(6)2/h5-7H,3-4H2,1-2H3. The third-order valence-corrected chi connectivity index (χ3v) is 3.03. The summed E-state index contributed by atoms with van der Waals surface area (Å²) >= 11 is 5.98. The molecule has 1 aromatic rings. The summed E-state index contributed by atoms with van der Waals surface area (Å²) in [5, 5.41) is 3.76. The van der Waals surface area contributed by atoms with Gasteiger partial charge in [-0.05, 0) is 18.8 Å². The van der Waals surface area contributed by atoms with Gasteiger partial charge in [0, 0.05) is 5.92 Å². The number of alkyl halides is 1. The number of nitrogens with zero attached hydrogens (tertiary/aromatic N) is 2. The largest absolute Gasteiger partial charge is 0.339 e. The molecule has 72 valence electrons.